The van der Waals surface area contributed by atoms with Crippen LogP contribution in [-0.4, -0.2) is 6.36 Å². The van der Waals surface area contributed by atoms with E-state index in [2.05, 4.69) is 17.7 Å². The number of alkyl halides is 3. The van der Waals surface area contributed by atoms with Crippen LogP contribution < -0.4 is 4.74 Å². The molecule has 1 unspecified atom stereocenters. The Bertz CT molecular complexity index is 897. The van der Waals surface area contributed by atoms with Crippen LogP contribution in [0.1, 0.15) is 86.0 Å². The fourth-order valence-electron chi connectivity index (χ4n) is 5.52. The van der Waals surface area contributed by atoms with Crippen LogP contribution in [0.4, 0.5) is 17.6 Å². The molecule has 0 N–H and O–H groups in total. The van der Waals surface area contributed by atoms with Crippen LogP contribution in [0.2, 0.25) is 0 Å². The number of rotatable bonds is 5. The van der Waals surface area contributed by atoms with Gasteiger partial charge in [-0.2, -0.15) is 0 Å². The summed E-state index contributed by atoms with van der Waals surface area (Å²) in [5.74, 6) is 1.01. The largest absolute Gasteiger partial charge is 0.573 e. The molecule has 4 rings (SSSR count). The van der Waals surface area contributed by atoms with E-state index in [0.717, 1.165) is 47.4 Å². The summed E-state index contributed by atoms with van der Waals surface area (Å²) in [7, 11) is 0. The zero-order chi connectivity index (χ0) is 22.0. The first-order valence-corrected chi connectivity index (χ1v) is 11.5. The van der Waals surface area contributed by atoms with Gasteiger partial charge in [-0.1, -0.05) is 38.0 Å². The van der Waals surface area contributed by atoms with E-state index >= 15 is 4.39 Å². The molecule has 1 fully saturated rings. The quantitative estimate of drug-likeness (QED) is 0.432. The fraction of sp³-hybridized carbons (Fsp3) is 0.538. The first kappa shape index (κ1) is 22.2. The third-order valence-corrected chi connectivity index (χ3v) is 7.12. The van der Waals surface area contributed by atoms with E-state index in [1.807, 2.05) is 6.07 Å². The van der Waals surface area contributed by atoms with Gasteiger partial charge >= 0.3 is 6.36 Å². The summed E-state index contributed by atoms with van der Waals surface area (Å²) in [6, 6.07) is 10.3. The lowest BCUT2D eigenvalue weighted by Crippen LogP contribution is -2.18. The molecule has 5 heteroatoms. The van der Waals surface area contributed by atoms with Crippen molar-refractivity contribution in [3.8, 4) is 5.75 Å². The van der Waals surface area contributed by atoms with Crippen LogP contribution in [0.5, 0.6) is 5.75 Å². The molecule has 2 aliphatic rings. The standard InChI is InChI=1S/C26H30F4O/c1-2-3-17-4-6-18(7-5-17)21-11-13-24(25(27)16-21)22-9-8-20-15-23(31-26(28,29)30)12-10-19(20)14-22/h10-13,15-18,22H,2-9,14H2,1H3. The molecule has 0 aliphatic heterocycles. The lowest BCUT2D eigenvalue weighted by atomic mass is 9.76. The molecule has 2 aromatic carbocycles. The van der Waals surface area contributed by atoms with Gasteiger partial charge in [0, 0.05) is 0 Å². The fourth-order valence-corrected chi connectivity index (χ4v) is 5.52. The van der Waals surface area contributed by atoms with Gasteiger partial charge in [-0.15, -0.1) is 13.2 Å². The summed E-state index contributed by atoms with van der Waals surface area (Å²) >= 11 is 0. The average Bonchev–Trinajstić information content (AvgIpc) is 2.73. The zero-order valence-corrected chi connectivity index (χ0v) is 18.0. The number of ether oxygens (including phenoxy) is 1. The van der Waals surface area contributed by atoms with Crippen LogP contribution in [0.15, 0.2) is 36.4 Å². The molecule has 0 bridgehead atoms. The van der Waals surface area contributed by atoms with Crippen LogP contribution >= 0.6 is 0 Å². The van der Waals surface area contributed by atoms with Crippen LogP contribution in [-0.2, 0) is 12.8 Å². The van der Waals surface area contributed by atoms with Crippen LogP contribution in [0.25, 0.3) is 0 Å². The van der Waals surface area contributed by atoms with Crippen molar-refractivity contribution in [2.45, 2.75) is 82.9 Å². The average molecular weight is 435 g/mol. The summed E-state index contributed by atoms with van der Waals surface area (Å²) < 4.78 is 56.5. The Hall–Kier alpha value is -2.04. The highest BCUT2D eigenvalue weighted by molar-refractivity contribution is 5.40. The Morgan fingerprint density at radius 1 is 0.903 bits per heavy atom. The summed E-state index contributed by atoms with van der Waals surface area (Å²) in [4.78, 5) is 0. The molecule has 1 atom stereocenters. The maximum Gasteiger partial charge on any atom is 0.573 e. The third-order valence-electron chi connectivity index (χ3n) is 7.12. The van der Waals surface area contributed by atoms with Gasteiger partial charge in [-0.05, 0) is 103 Å². The molecule has 0 aromatic heterocycles. The lowest BCUT2D eigenvalue weighted by Gasteiger charge is -2.29. The third kappa shape index (κ3) is 5.42. The Labute approximate surface area is 181 Å². The van der Waals surface area contributed by atoms with E-state index in [-0.39, 0.29) is 17.5 Å². The molecule has 0 heterocycles. The van der Waals surface area contributed by atoms with Crippen molar-refractivity contribution in [2.24, 2.45) is 5.92 Å². The minimum atomic E-state index is -4.69. The number of aryl methyl sites for hydroxylation is 1. The predicted molar refractivity (Wildman–Crippen MR) is 114 cm³/mol. The lowest BCUT2D eigenvalue weighted by molar-refractivity contribution is -0.274. The van der Waals surface area contributed by atoms with Gasteiger partial charge in [0.15, 0.2) is 0 Å². The number of hydrogen-bond donors (Lipinski definition) is 0. The van der Waals surface area contributed by atoms with Crippen molar-refractivity contribution in [1.29, 1.82) is 0 Å². The number of halogens is 4. The van der Waals surface area contributed by atoms with Gasteiger partial charge in [0.2, 0.25) is 0 Å². The van der Waals surface area contributed by atoms with Gasteiger partial charge in [-0.25, -0.2) is 4.39 Å². The summed E-state index contributed by atoms with van der Waals surface area (Å²) in [6.45, 7) is 2.24. The molecule has 31 heavy (non-hydrogen) atoms. The molecule has 0 amide bonds. The highest BCUT2D eigenvalue weighted by Gasteiger charge is 2.32. The number of benzene rings is 2. The molecule has 1 nitrogen and oxygen atoms in total. The van der Waals surface area contributed by atoms with Gasteiger partial charge < -0.3 is 4.74 Å². The summed E-state index contributed by atoms with van der Waals surface area (Å²) in [6.07, 6.45) is 4.59. The maximum atomic E-state index is 15.1. The van der Waals surface area contributed by atoms with Crippen molar-refractivity contribution in [3.63, 3.8) is 0 Å². The molecule has 0 spiro atoms. The topological polar surface area (TPSA) is 9.23 Å². The smallest absolute Gasteiger partial charge is 0.406 e. The Morgan fingerprint density at radius 3 is 2.35 bits per heavy atom. The van der Waals surface area contributed by atoms with Gasteiger partial charge in [0.1, 0.15) is 11.6 Å². The first-order valence-electron chi connectivity index (χ1n) is 11.5. The van der Waals surface area contributed by atoms with E-state index in [4.69, 9.17) is 0 Å². The van der Waals surface area contributed by atoms with E-state index in [9.17, 15) is 13.2 Å². The highest BCUT2D eigenvalue weighted by atomic mass is 19.4. The minimum absolute atomic E-state index is 0.0521. The van der Waals surface area contributed by atoms with E-state index < -0.39 is 6.36 Å². The predicted octanol–water partition coefficient (Wildman–Crippen LogP) is 8.07. The molecule has 0 saturated heterocycles. The minimum Gasteiger partial charge on any atom is -0.406 e. The van der Waals surface area contributed by atoms with Crippen molar-refractivity contribution in [1.82, 2.24) is 0 Å². The normalized spacial score (nSPS) is 24.0. The molecule has 2 aromatic rings. The van der Waals surface area contributed by atoms with Gasteiger partial charge in [-0.3, -0.25) is 0 Å². The highest BCUT2D eigenvalue weighted by Crippen LogP contribution is 2.40. The number of fused-ring (bicyclic) bond motifs is 1. The van der Waals surface area contributed by atoms with Crippen LogP contribution in [0.3, 0.4) is 0 Å². The van der Waals surface area contributed by atoms with Crippen molar-refractivity contribution in [2.75, 3.05) is 0 Å². The Morgan fingerprint density at radius 2 is 1.68 bits per heavy atom. The SMILES string of the molecule is CCCC1CCC(c2ccc(C3CCc4cc(OC(F)(F)F)ccc4C3)c(F)c2)CC1. The molecule has 2 aliphatic carbocycles. The van der Waals surface area contributed by atoms with Gasteiger partial charge in [0.25, 0.3) is 0 Å². The van der Waals surface area contributed by atoms with E-state index in [0.29, 0.717) is 18.8 Å². The molecule has 0 radical (unpaired) electrons. The molecule has 168 valence electrons. The molecular formula is C26H30F4O. The first-order chi connectivity index (χ1) is 14.8. The van der Waals surface area contributed by atoms with Crippen molar-refractivity contribution >= 4 is 0 Å². The van der Waals surface area contributed by atoms with Crippen molar-refractivity contribution < 1.29 is 22.3 Å². The molecule has 1 saturated carbocycles. The van der Waals surface area contributed by atoms with Gasteiger partial charge in [0.05, 0.1) is 0 Å². The Kier molecular flexibility index (Phi) is 6.59. The zero-order valence-electron chi connectivity index (χ0n) is 18.0. The van der Waals surface area contributed by atoms with E-state index in [1.54, 1.807) is 12.1 Å². The van der Waals surface area contributed by atoms with E-state index in [1.165, 1.54) is 37.8 Å². The second-order valence-electron chi connectivity index (χ2n) is 9.21. The Balaban J connectivity index is 1.43. The van der Waals surface area contributed by atoms with Crippen LogP contribution in [0, 0.1) is 11.7 Å². The maximum absolute atomic E-state index is 15.1. The molecular weight excluding hydrogens is 404 g/mol. The monoisotopic (exact) mass is 434 g/mol. The number of hydrogen-bond acceptors (Lipinski definition) is 1. The second-order valence-corrected chi connectivity index (χ2v) is 9.21. The summed E-state index contributed by atoms with van der Waals surface area (Å²) in [5.41, 5.74) is 3.67. The van der Waals surface area contributed by atoms with Crippen molar-refractivity contribution in [3.05, 3.63) is 64.5 Å². The summed E-state index contributed by atoms with van der Waals surface area (Å²) in [5, 5.41) is 0. The second kappa shape index (κ2) is 9.22.